The molecule has 1 fully saturated rings. The van der Waals surface area contributed by atoms with Crippen molar-refractivity contribution in [3.63, 3.8) is 0 Å². The van der Waals surface area contributed by atoms with E-state index in [4.69, 9.17) is 5.21 Å². The Morgan fingerprint density at radius 1 is 1.18 bits per heavy atom. The Bertz CT molecular complexity index is 679. The molecule has 22 heavy (non-hydrogen) atoms. The summed E-state index contributed by atoms with van der Waals surface area (Å²) in [7, 11) is -3.50. The number of carbonyl (C=O) groups is 1. The van der Waals surface area contributed by atoms with Gasteiger partial charge in [-0.25, -0.2) is 13.9 Å². The van der Waals surface area contributed by atoms with Gasteiger partial charge in [-0.15, -0.1) is 0 Å². The van der Waals surface area contributed by atoms with E-state index in [2.05, 4.69) is 0 Å². The van der Waals surface area contributed by atoms with Crippen LogP contribution in [0.25, 0.3) is 0 Å². The van der Waals surface area contributed by atoms with E-state index in [-0.39, 0.29) is 5.92 Å². The Kier molecular flexibility index (Phi) is 4.20. The SMILES string of the molecule is O=C(NO)C1CCN(S(=O)(=O)c2ccc3c(c2)CCC3)CC1. The molecule has 2 N–H and O–H groups in total. The van der Waals surface area contributed by atoms with Crippen molar-refractivity contribution in [1.82, 2.24) is 9.79 Å². The van der Waals surface area contributed by atoms with Crippen LogP contribution in [0.1, 0.15) is 30.4 Å². The number of hydrogen-bond donors (Lipinski definition) is 2. The summed E-state index contributed by atoms with van der Waals surface area (Å²) in [6.45, 7) is 0.606. The molecule has 0 spiro atoms. The lowest BCUT2D eigenvalue weighted by Crippen LogP contribution is -2.42. The number of benzene rings is 1. The number of nitrogens with one attached hydrogen (secondary N) is 1. The number of rotatable bonds is 3. The Morgan fingerprint density at radius 3 is 2.55 bits per heavy atom. The summed E-state index contributed by atoms with van der Waals surface area (Å²) in [6.07, 6.45) is 3.91. The van der Waals surface area contributed by atoms with Crippen LogP contribution in [0.3, 0.4) is 0 Å². The average Bonchev–Trinajstić information content (AvgIpc) is 3.01. The second-order valence-corrected chi connectivity index (χ2v) is 7.88. The normalized spacial score (nSPS) is 19.9. The number of fused-ring (bicyclic) bond motifs is 1. The molecule has 0 aromatic heterocycles. The zero-order chi connectivity index (χ0) is 15.7. The van der Waals surface area contributed by atoms with Crippen LogP contribution in [-0.2, 0) is 27.7 Å². The minimum absolute atomic E-state index is 0.303. The molecule has 1 aliphatic heterocycles. The van der Waals surface area contributed by atoms with Crippen LogP contribution in [0.2, 0.25) is 0 Å². The number of nitrogens with zero attached hydrogens (tertiary/aromatic N) is 1. The van der Waals surface area contributed by atoms with Gasteiger partial charge in [0.15, 0.2) is 0 Å². The van der Waals surface area contributed by atoms with E-state index in [0.717, 1.165) is 24.8 Å². The molecule has 7 heteroatoms. The fourth-order valence-corrected chi connectivity index (χ4v) is 4.83. The first-order valence-electron chi connectivity index (χ1n) is 7.58. The van der Waals surface area contributed by atoms with Gasteiger partial charge in [-0.05, 0) is 55.4 Å². The van der Waals surface area contributed by atoms with Crippen LogP contribution in [0.15, 0.2) is 23.1 Å². The van der Waals surface area contributed by atoms with Crippen molar-refractivity contribution in [2.24, 2.45) is 5.92 Å². The third-order valence-corrected chi connectivity index (χ3v) is 6.54. The van der Waals surface area contributed by atoms with E-state index in [0.29, 0.717) is 30.8 Å². The highest BCUT2D eigenvalue weighted by atomic mass is 32.2. The molecule has 0 atom stereocenters. The molecular formula is C15H20N2O4S. The van der Waals surface area contributed by atoms with Crippen molar-refractivity contribution in [2.45, 2.75) is 37.0 Å². The van der Waals surface area contributed by atoms with Crippen molar-refractivity contribution in [3.05, 3.63) is 29.3 Å². The fourth-order valence-electron chi connectivity index (χ4n) is 3.31. The van der Waals surface area contributed by atoms with Crippen molar-refractivity contribution in [2.75, 3.05) is 13.1 Å². The number of aryl methyl sites for hydroxylation is 2. The predicted octanol–water partition coefficient (Wildman–Crippen LogP) is 1.08. The molecule has 0 bridgehead atoms. The van der Waals surface area contributed by atoms with E-state index in [9.17, 15) is 13.2 Å². The number of amides is 1. The van der Waals surface area contributed by atoms with Crippen LogP contribution in [0, 0.1) is 5.92 Å². The summed E-state index contributed by atoms with van der Waals surface area (Å²) in [6, 6.07) is 5.40. The van der Waals surface area contributed by atoms with Gasteiger partial charge in [-0.3, -0.25) is 10.0 Å². The van der Waals surface area contributed by atoms with Crippen LogP contribution in [-0.4, -0.2) is 36.9 Å². The van der Waals surface area contributed by atoms with Crippen molar-refractivity contribution in [3.8, 4) is 0 Å². The summed E-state index contributed by atoms with van der Waals surface area (Å²) in [5, 5.41) is 8.65. The third-order valence-electron chi connectivity index (χ3n) is 4.64. The molecule has 0 unspecified atom stereocenters. The van der Waals surface area contributed by atoms with Gasteiger partial charge in [0.2, 0.25) is 15.9 Å². The Balaban J connectivity index is 1.75. The van der Waals surface area contributed by atoms with E-state index < -0.39 is 15.9 Å². The second-order valence-electron chi connectivity index (χ2n) is 5.94. The highest BCUT2D eigenvalue weighted by molar-refractivity contribution is 7.89. The average molecular weight is 324 g/mol. The van der Waals surface area contributed by atoms with E-state index >= 15 is 0 Å². The first-order chi connectivity index (χ1) is 10.5. The quantitative estimate of drug-likeness (QED) is 0.643. The molecule has 1 heterocycles. The lowest BCUT2D eigenvalue weighted by atomic mass is 9.98. The van der Waals surface area contributed by atoms with Crippen molar-refractivity contribution in [1.29, 1.82) is 0 Å². The zero-order valence-electron chi connectivity index (χ0n) is 12.3. The van der Waals surface area contributed by atoms with Crippen LogP contribution >= 0.6 is 0 Å². The maximum absolute atomic E-state index is 12.7. The van der Waals surface area contributed by atoms with Gasteiger partial charge in [0, 0.05) is 19.0 Å². The first kappa shape index (κ1) is 15.5. The molecule has 1 aliphatic carbocycles. The smallest absolute Gasteiger partial charge is 0.246 e. The molecule has 120 valence electrons. The summed E-state index contributed by atoms with van der Waals surface area (Å²) in [5.41, 5.74) is 4.02. The van der Waals surface area contributed by atoms with Gasteiger partial charge in [0.05, 0.1) is 4.90 Å². The standard InChI is InChI=1S/C15H20N2O4S/c18-15(16-19)12-6-8-17(9-7-12)22(20,21)14-5-4-11-2-1-3-13(11)10-14/h4-5,10,12,19H,1-3,6-9H2,(H,16,18). The lowest BCUT2D eigenvalue weighted by molar-refractivity contribution is -0.134. The largest absolute Gasteiger partial charge is 0.289 e. The molecule has 0 radical (unpaired) electrons. The van der Waals surface area contributed by atoms with Crippen LogP contribution in [0.4, 0.5) is 0 Å². The molecule has 0 saturated carbocycles. The van der Waals surface area contributed by atoms with Crippen LogP contribution in [0.5, 0.6) is 0 Å². The molecule has 1 saturated heterocycles. The Labute approximate surface area is 130 Å². The highest BCUT2D eigenvalue weighted by Gasteiger charge is 2.32. The Hall–Kier alpha value is -1.44. The number of carbonyl (C=O) groups excluding carboxylic acids is 1. The van der Waals surface area contributed by atoms with Gasteiger partial charge in [-0.1, -0.05) is 6.07 Å². The third kappa shape index (κ3) is 2.76. The maximum atomic E-state index is 12.7. The summed E-state index contributed by atoms with van der Waals surface area (Å²) >= 11 is 0. The van der Waals surface area contributed by atoms with Crippen molar-refractivity contribution >= 4 is 15.9 Å². The summed E-state index contributed by atoms with van der Waals surface area (Å²) < 4.78 is 26.9. The lowest BCUT2D eigenvalue weighted by Gasteiger charge is -2.30. The van der Waals surface area contributed by atoms with Crippen molar-refractivity contribution < 1.29 is 18.4 Å². The summed E-state index contributed by atoms with van der Waals surface area (Å²) in [5.74, 6) is -0.758. The number of hydrogen-bond acceptors (Lipinski definition) is 4. The number of piperidine rings is 1. The number of hydroxylamine groups is 1. The fraction of sp³-hybridized carbons (Fsp3) is 0.533. The van der Waals surface area contributed by atoms with Gasteiger partial charge in [0.25, 0.3) is 0 Å². The molecule has 3 rings (SSSR count). The maximum Gasteiger partial charge on any atom is 0.246 e. The van der Waals surface area contributed by atoms with E-state index in [1.807, 2.05) is 6.07 Å². The van der Waals surface area contributed by atoms with E-state index in [1.165, 1.54) is 9.87 Å². The van der Waals surface area contributed by atoms with Gasteiger partial charge in [-0.2, -0.15) is 4.31 Å². The molecule has 6 nitrogen and oxygen atoms in total. The van der Waals surface area contributed by atoms with Gasteiger partial charge < -0.3 is 0 Å². The monoisotopic (exact) mass is 324 g/mol. The molecule has 1 amide bonds. The highest BCUT2D eigenvalue weighted by Crippen LogP contribution is 2.28. The predicted molar refractivity (Wildman–Crippen MR) is 79.9 cm³/mol. The minimum atomic E-state index is -3.50. The molecular weight excluding hydrogens is 304 g/mol. The zero-order valence-corrected chi connectivity index (χ0v) is 13.1. The van der Waals surface area contributed by atoms with E-state index in [1.54, 1.807) is 17.6 Å². The summed E-state index contributed by atoms with van der Waals surface area (Å²) in [4.78, 5) is 11.7. The second kappa shape index (κ2) is 5.98. The topological polar surface area (TPSA) is 86.7 Å². The molecule has 2 aliphatic rings. The first-order valence-corrected chi connectivity index (χ1v) is 9.02. The van der Waals surface area contributed by atoms with Crippen LogP contribution < -0.4 is 5.48 Å². The molecule has 1 aromatic rings. The van der Waals surface area contributed by atoms with Gasteiger partial charge in [0.1, 0.15) is 0 Å². The number of sulfonamides is 1. The van der Waals surface area contributed by atoms with Gasteiger partial charge >= 0.3 is 0 Å². The Morgan fingerprint density at radius 2 is 1.86 bits per heavy atom. The minimum Gasteiger partial charge on any atom is -0.289 e. The molecule has 1 aromatic carbocycles.